The molecule has 142 valence electrons. The Kier molecular flexibility index (Phi) is 7.77. The molecule has 0 saturated carbocycles. The van der Waals surface area contributed by atoms with Crippen LogP contribution in [0.5, 0.6) is 0 Å². The summed E-state index contributed by atoms with van der Waals surface area (Å²) in [7, 11) is -2.98. The Bertz CT molecular complexity index is 622. The summed E-state index contributed by atoms with van der Waals surface area (Å²) in [6.45, 7) is 7.42. The van der Waals surface area contributed by atoms with Crippen molar-refractivity contribution in [3.63, 3.8) is 0 Å². The molecule has 1 aliphatic rings. The topological polar surface area (TPSA) is 86.9 Å². The Morgan fingerprint density at radius 1 is 1.32 bits per heavy atom. The average molecular weight is 371 g/mol. The van der Waals surface area contributed by atoms with E-state index in [4.69, 9.17) is 4.42 Å². The highest BCUT2D eigenvalue weighted by Crippen LogP contribution is 2.25. The minimum absolute atomic E-state index is 0.113. The van der Waals surface area contributed by atoms with Crippen molar-refractivity contribution in [2.45, 2.75) is 32.7 Å². The minimum Gasteiger partial charge on any atom is -0.468 e. The van der Waals surface area contributed by atoms with E-state index >= 15 is 0 Å². The van der Waals surface area contributed by atoms with Gasteiger partial charge in [-0.25, -0.2) is 8.42 Å². The van der Waals surface area contributed by atoms with Gasteiger partial charge in [0, 0.05) is 18.8 Å². The van der Waals surface area contributed by atoms with Crippen molar-refractivity contribution >= 4 is 15.8 Å². The maximum atomic E-state index is 11.6. The van der Waals surface area contributed by atoms with Crippen molar-refractivity contribution in [2.24, 2.45) is 4.99 Å². The van der Waals surface area contributed by atoms with E-state index in [1.54, 1.807) is 13.2 Å². The van der Waals surface area contributed by atoms with Crippen LogP contribution in [0.4, 0.5) is 0 Å². The molecule has 25 heavy (non-hydrogen) atoms. The number of hydrogen-bond donors (Lipinski definition) is 2. The quantitative estimate of drug-likeness (QED) is 0.505. The molecule has 0 radical (unpaired) electrons. The number of furan rings is 1. The summed E-state index contributed by atoms with van der Waals surface area (Å²) in [5, 5.41) is 6.29. The fraction of sp³-hybridized carbons (Fsp3) is 0.706. The van der Waals surface area contributed by atoms with Crippen LogP contribution in [-0.2, 0) is 9.84 Å². The summed E-state index contributed by atoms with van der Waals surface area (Å²) in [6, 6.07) is 4.01. The number of sulfone groups is 1. The van der Waals surface area contributed by atoms with Crippen LogP contribution in [0, 0.1) is 0 Å². The molecule has 1 aromatic rings. The molecule has 0 amide bonds. The third-order valence-corrected chi connectivity index (χ3v) is 6.07. The number of nitrogens with zero attached hydrogens (tertiary/aromatic N) is 2. The van der Waals surface area contributed by atoms with Crippen molar-refractivity contribution in [3.05, 3.63) is 24.2 Å². The number of guanidine groups is 1. The second kappa shape index (κ2) is 9.82. The fourth-order valence-electron chi connectivity index (χ4n) is 2.91. The van der Waals surface area contributed by atoms with Gasteiger partial charge >= 0.3 is 0 Å². The van der Waals surface area contributed by atoms with E-state index in [2.05, 4.69) is 20.5 Å². The number of nitrogens with one attached hydrogen (secondary N) is 2. The van der Waals surface area contributed by atoms with E-state index in [0.29, 0.717) is 19.0 Å². The number of hydrogen-bond acceptors (Lipinski definition) is 5. The molecule has 2 rings (SSSR count). The predicted molar refractivity (Wildman–Crippen MR) is 101 cm³/mol. The lowest BCUT2D eigenvalue weighted by atomic mass is 10.2. The van der Waals surface area contributed by atoms with E-state index < -0.39 is 9.84 Å². The summed E-state index contributed by atoms with van der Waals surface area (Å²) < 4.78 is 28.8. The van der Waals surface area contributed by atoms with E-state index in [9.17, 15) is 8.42 Å². The predicted octanol–water partition coefficient (Wildman–Crippen LogP) is 1.41. The minimum atomic E-state index is -2.98. The Hall–Kier alpha value is -1.54. The summed E-state index contributed by atoms with van der Waals surface area (Å²) in [6.07, 6.45) is 4.10. The Balaban J connectivity index is 1.99. The van der Waals surface area contributed by atoms with E-state index in [0.717, 1.165) is 25.4 Å². The van der Waals surface area contributed by atoms with Crippen molar-refractivity contribution < 1.29 is 12.8 Å². The van der Waals surface area contributed by atoms with Crippen LogP contribution in [0.1, 0.15) is 38.5 Å². The van der Waals surface area contributed by atoms with Crippen LogP contribution in [0.2, 0.25) is 0 Å². The molecule has 2 N–H and O–H groups in total. The number of likely N-dealkylation sites (tertiary alicyclic amines) is 1. The molecule has 0 aliphatic carbocycles. The Morgan fingerprint density at radius 3 is 2.68 bits per heavy atom. The molecule has 1 unspecified atom stereocenters. The summed E-state index contributed by atoms with van der Waals surface area (Å²) in [4.78, 5) is 7.05. The number of rotatable bonds is 9. The third-order valence-electron chi connectivity index (χ3n) is 4.36. The van der Waals surface area contributed by atoms with Gasteiger partial charge in [0.2, 0.25) is 0 Å². The maximum Gasteiger partial charge on any atom is 0.191 e. The molecule has 8 heteroatoms. The smallest absolute Gasteiger partial charge is 0.191 e. The molecule has 2 heterocycles. The van der Waals surface area contributed by atoms with Gasteiger partial charge in [-0.05, 0) is 45.0 Å². The first-order valence-corrected chi connectivity index (χ1v) is 10.9. The summed E-state index contributed by atoms with van der Waals surface area (Å²) >= 11 is 0. The molecule has 1 aliphatic heterocycles. The van der Waals surface area contributed by atoms with E-state index in [1.165, 1.54) is 12.8 Å². The highest BCUT2D eigenvalue weighted by Gasteiger charge is 2.25. The SMILES string of the molecule is CCNC(=NCC(c1ccco1)N1CCCC1)NCCS(=O)(=O)CC. The second-order valence-electron chi connectivity index (χ2n) is 6.16. The normalized spacial score (nSPS) is 17.6. The van der Waals surface area contributed by atoms with Crippen LogP contribution >= 0.6 is 0 Å². The van der Waals surface area contributed by atoms with Crippen LogP contribution in [0.15, 0.2) is 27.8 Å². The van der Waals surface area contributed by atoms with Crippen molar-refractivity contribution in [1.82, 2.24) is 15.5 Å². The average Bonchev–Trinajstić information content (AvgIpc) is 3.29. The van der Waals surface area contributed by atoms with Gasteiger partial charge in [-0.15, -0.1) is 0 Å². The van der Waals surface area contributed by atoms with Crippen LogP contribution < -0.4 is 10.6 Å². The van der Waals surface area contributed by atoms with Crippen LogP contribution in [-0.4, -0.2) is 63.5 Å². The van der Waals surface area contributed by atoms with Crippen LogP contribution in [0.25, 0.3) is 0 Å². The standard InChI is InChI=1S/C17H30N4O3S/c1-3-18-17(19-9-13-25(22,23)4-2)20-14-15(16-8-7-12-24-16)21-10-5-6-11-21/h7-8,12,15H,3-6,9-11,13-14H2,1-2H3,(H2,18,19,20). The molecular weight excluding hydrogens is 340 g/mol. The first-order valence-electron chi connectivity index (χ1n) is 9.05. The van der Waals surface area contributed by atoms with Gasteiger partial charge < -0.3 is 15.1 Å². The lowest BCUT2D eigenvalue weighted by molar-refractivity contribution is 0.221. The van der Waals surface area contributed by atoms with Gasteiger partial charge in [-0.1, -0.05) is 6.92 Å². The first kappa shape index (κ1) is 19.8. The zero-order valence-electron chi connectivity index (χ0n) is 15.2. The lowest BCUT2D eigenvalue weighted by Gasteiger charge is -2.24. The first-order chi connectivity index (χ1) is 12.1. The molecule has 0 aromatic carbocycles. The van der Waals surface area contributed by atoms with Crippen molar-refractivity contribution in [2.75, 3.05) is 44.2 Å². The fourth-order valence-corrected chi connectivity index (χ4v) is 3.61. The molecule has 0 spiro atoms. The molecule has 7 nitrogen and oxygen atoms in total. The zero-order valence-corrected chi connectivity index (χ0v) is 16.0. The van der Waals surface area contributed by atoms with Gasteiger partial charge in [0.1, 0.15) is 5.76 Å². The van der Waals surface area contributed by atoms with Gasteiger partial charge in [-0.3, -0.25) is 9.89 Å². The molecule has 1 aromatic heterocycles. The Morgan fingerprint density at radius 2 is 2.08 bits per heavy atom. The maximum absolute atomic E-state index is 11.6. The van der Waals surface area contributed by atoms with Gasteiger partial charge in [0.15, 0.2) is 15.8 Å². The summed E-state index contributed by atoms with van der Waals surface area (Å²) in [5.41, 5.74) is 0. The van der Waals surface area contributed by atoms with E-state index in [1.807, 2.05) is 19.1 Å². The second-order valence-corrected chi connectivity index (χ2v) is 8.63. The zero-order chi connectivity index (χ0) is 18.1. The highest BCUT2D eigenvalue weighted by atomic mass is 32.2. The molecule has 1 atom stereocenters. The highest BCUT2D eigenvalue weighted by molar-refractivity contribution is 7.91. The molecule has 1 fully saturated rings. The van der Waals surface area contributed by atoms with Gasteiger partial charge in [0.25, 0.3) is 0 Å². The lowest BCUT2D eigenvalue weighted by Crippen LogP contribution is -2.40. The van der Waals surface area contributed by atoms with Crippen molar-refractivity contribution in [1.29, 1.82) is 0 Å². The number of aliphatic imine (C=N–C) groups is 1. The van der Waals surface area contributed by atoms with Crippen molar-refractivity contribution in [3.8, 4) is 0 Å². The van der Waals surface area contributed by atoms with Gasteiger partial charge in [0.05, 0.1) is 24.6 Å². The monoisotopic (exact) mass is 370 g/mol. The Labute approximate surface area is 150 Å². The largest absolute Gasteiger partial charge is 0.468 e. The van der Waals surface area contributed by atoms with E-state index in [-0.39, 0.29) is 17.5 Å². The van der Waals surface area contributed by atoms with Gasteiger partial charge in [-0.2, -0.15) is 0 Å². The molecule has 1 saturated heterocycles. The molecule has 0 bridgehead atoms. The summed E-state index contributed by atoms with van der Waals surface area (Å²) in [5.74, 6) is 1.85. The van der Waals surface area contributed by atoms with Crippen LogP contribution in [0.3, 0.4) is 0 Å². The third kappa shape index (κ3) is 6.36. The molecular formula is C17H30N4O3S.